The predicted octanol–water partition coefficient (Wildman–Crippen LogP) is 4.47. The van der Waals surface area contributed by atoms with Gasteiger partial charge in [0.15, 0.2) is 17.4 Å². The van der Waals surface area contributed by atoms with Crippen LogP contribution in [0.5, 0.6) is 5.75 Å². The van der Waals surface area contributed by atoms with Gasteiger partial charge in [-0.05, 0) is 56.0 Å². The highest BCUT2D eigenvalue weighted by atomic mass is 16.5. The first-order chi connectivity index (χ1) is 16.1. The van der Waals surface area contributed by atoms with Crippen molar-refractivity contribution in [3.8, 4) is 11.6 Å². The van der Waals surface area contributed by atoms with Crippen LogP contribution in [0.1, 0.15) is 54.5 Å². The third-order valence-electron chi connectivity index (χ3n) is 6.20. The lowest BCUT2D eigenvalue weighted by molar-refractivity contribution is 0.274. The van der Waals surface area contributed by atoms with E-state index in [-0.39, 0.29) is 0 Å². The number of ether oxygens (including phenoxy) is 2. The van der Waals surface area contributed by atoms with Gasteiger partial charge >= 0.3 is 0 Å². The third kappa shape index (κ3) is 4.33. The standard InChI is InChI=1S/C25H28N6O2/c1-17-15-30(16-27-17)25-22(33-3)13-18(14-26-25)6-11-23-28-24-21(5-4-12-31(24)29-23)19-7-9-20(32-2)10-8-19/h6-7,9,11,13-16,21H,4-5,8,10,12H2,1-3H3/b11-6+/t21-/m1/s1. The molecule has 4 heterocycles. The van der Waals surface area contributed by atoms with Gasteiger partial charge in [-0.3, -0.25) is 4.57 Å². The van der Waals surface area contributed by atoms with Crippen LogP contribution in [0.25, 0.3) is 18.0 Å². The Balaban J connectivity index is 1.38. The zero-order valence-corrected chi connectivity index (χ0v) is 19.2. The summed E-state index contributed by atoms with van der Waals surface area (Å²) in [5.41, 5.74) is 3.26. The summed E-state index contributed by atoms with van der Waals surface area (Å²) in [5.74, 6) is 4.53. The SMILES string of the molecule is COC1=CC=C([C@H]2CCCn3nc(/C=C/c4cnc(-n5cnc(C)c5)c(OC)c4)nc32)CC1. The van der Waals surface area contributed by atoms with Gasteiger partial charge in [-0.25, -0.2) is 19.6 Å². The lowest BCUT2D eigenvalue weighted by Gasteiger charge is -2.26. The van der Waals surface area contributed by atoms with Crippen LogP contribution < -0.4 is 4.74 Å². The van der Waals surface area contributed by atoms with Crippen LogP contribution in [0, 0.1) is 6.92 Å². The van der Waals surface area contributed by atoms with Gasteiger partial charge in [0, 0.05) is 31.3 Å². The van der Waals surface area contributed by atoms with Crippen molar-refractivity contribution < 1.29 is 9.47 Å². The minimum Gasteiger partial charge on any atom is -0.501 e. The molecule has 8 nitrogen and oxygen atoms in total. The van der Waals surface area contributed by atoms with Crippen molar-refractivity contribution in [1.29, 1.82) is 0 Å². The van der Waals surface area contributed by atoms with Crippen LogP contribution in [-0.4, -0.2) is 43.5 Å². The zero-order valence-electron chi connectivity index (χ0n) is 19.2. The lowest BCUT2D eigenvalue weighted by atomic mass is 9.86. The van der Waals surface area contributed by atoms with Gasteiger partial charge in [0.1, 0.15) is 12.2 Å². The number of imidazole rings is 1. The van der Waals surface area contributed by atoms with E-state index in [1.54, 1.807) is 20.5 Å². The fourth-order valence-electron chi connectivity index (χ4n) is 4.48. The molecule has 0 saturated heterocycles. The summed E-state index contributed by atoms with van der Waals surface area (Å²) in [4.78, 5) is 13.7. The number of allylic oxidation sites excluding steroid dienone is 4. The number of fused-ring (bicyclic) bond motifs is 1. The number of aryl methyl sites for hydroxylation is 2. The molecule has 3 aromatic rings. The van der Waals surface area contributed by atoms with E-state index in [4.69, 9.17) is 19.6 Å². The first-order valence-corrected chi connectivity index (χ1v) is 11.3. The van der Waals surface area contributed by atoms with Gasteiger partial charge in [-0.15, -0.1) is 0 Å². The van der Waals surface area contributed by atoms with E-state index in [0.29, 0.717) is 17.5 Å². The van der Waals surface area contributed by atoms with Gasteiger partial charge < -0.3 is 9.47 Å². The maximum Gasteiger partial charge on any atom is 0.180 e. The summed E-state index contributed by atoms with van der Waals surface area (Å²) in [6, 6.07) is 1.96. The second-order valence-electron chi connectivity index (χ2n) is 8.38. The van der Waals surface area contributed by atoms with E-state index in [0.717, 1.165) is 60.9 Å². The Labute approximate surface area is 193 Å². The molecule has 170 valence electrons. The molecule has 3 aromatic heterocycles. The molecule has 33 heavy (non-hydrogen) atoms. The van der Waals surface area contributed by atoms with E-state index in [1.807, 2.05) is 42.1 Å². The van der Waals surface area contributed by atoms with Gasteiger partial charge in [0.2, 0.25) is 0 Å². The van der Waals surface area contributed by atoms with Crippen molar-refractivity contribution in [1.82, 2.24) is 29.3 Å². The quantitative estimate of drug-likeness (QED) is 0.558. The Morgan fingerprint density at radius 2 is 2.00 bits per heavy atom. The fourth-order valence-corrected chi connectivity index (χ4v) is 4.48. The second kappa shape index (κ2) is 9.05. The molecule has 0 spiro atoms. The monoisotopic (exact) mass is 444 g/mol. The molecule has 0 N–H and O–H groups in total. The van der Waals surface area contributed by atoms with Gasteiger partial charge in [-0.2, -0.15) is 5.10 Å². The van der Waals surface area contributed by atoms with E-state index >= 15 is 0 Å². The Morgan fingerprint density at radius 1 is 1.09 bits per heavy atom. The van der Waals surface area contributed by atoms with Crippen LogP contribution in [0.15, 0.2) is 48.3 Å². The highest BCUT2D eigenvalue weighted by molar-refractivity contribution is 5.67. The summed E-state index contributed by atoms with van der Waals surface area (Å²) in [7, 11) is 3.38. The number of rotatable bonds is 6. The molecule has 0 bridgehead atoms. The van der Waals surface area contributed by atoms with Gasteiger partial charge in [0.05, 0.1) is 25.7 Å². The number of hydrogen-bond donors (Lipinski definition) is 0. The summed E-state index contributed by atoms with van der Waals surface area (Å²) in [6.07, 6.45) is 17.9. The second-order valence-corrected chi connectivity index (χ2v) is 8.38. The van der Waals surface area contributed by atoms with Crippen LogP contribution in [0.3, 0.4) is 0 Å². The average Bonchev–Trinajstić information content (AvgIpc) is 3.48. The van der Waals surface area contributed by atoms with Crippen LogP contribution in [-0.2, 0) is 11.3 Å². The molecular weight excluding hydrogens is 416 g/mol. The van der Waals surface area contributed by atoms with Gasteiger partial charge in [-0.1, -0.05) is 11.6 Å². The number of nitrogens with zero attached hydrogens (tertiary/aromatic N) is 6. The Morgan fingerprint density at radius 3 is 2.73 bits per heavy atom. The molecule has 0 unspecified atom stereocenters. The minimum absolute atomic E-state index is 0.322. The largest absolute Gasteiger partial charge is 0.501 e. The first-order valence-electron chi connectivity index (χ1n) is 11.3. The van der Waals surface area contributed by atoms with E-state index in [2.05, 4.69) is 26.8 Å². The van der Waals surface area contributed by atoms with Crippen LogP contribution in [0.2, 0.25) is 0 Å². The predicted molar refractivity (Wildman–Crippen MR) is 126 cm³/mol. The Kier molecular flexibility index (Phi) is 5.81. The first kappa shape index (κ1) is 21.2. The molecule has 5 rings (SSSR count). The molecule has 1 atom stereocenters. The van der Waals surface area contributed by atoms with Crippen molar-refractivity contribution in [2.45, 2.75) is 45.1 Å². The third-order valence-corrected chi connectivity index (χ3v) is 6.20. The molecular formula is C25H28N6O2. The van der Waals surface area contributed by atoms with Crippen molar-refractivity contribution in [2.24, 2.45) is 0 Å². The maximum absolute atomic E-state index is 5.56. The number of hydrogen-bond acceptors (Lipinski definition) is 6. The number of pyridine rings is 1. The van der Waals surface area contributed by atoms with E-state index < -0.39 is 0 Å². The van der Waals surface area contributed by atoms with Crippen molar-refractivity contribution in [2.75, 3.05) is 14.2 Å². The highest BCUT2D eigenvalue weighted by Crippen LogP contribution is 2.37. The molecule has 1 aliphatic heterocycles. The molecule has 8 heteroatoms. The molecule has 1 aliphatic carbocycles. The van der Waals surface area contributed by atoms with Crippen molar-refractivity contribution in [3.05, 3.63) is 71.2 Å². The summed E-state index contributed by atoms with van der Waals surface area (Å²) in [5, 5.41) is 4.74. The molecule has 0 fully saturated rings. The van der Waals surface area contributed by atoms with Crippen LogP contribution >= 0.6 is 0 Å². The molecule has 0 amide bonds. The Hall–Kier alpha value is -3.68. The molecule has 0 radical (unpaired) electrons. The summed E-state index contributed by atoms with van der Waals surface area (Å²) in [6.45, 7) is 2.86. The van der Waals surface area contributed by atoms with E-state index in [9.17, 15) is 0 Å². The van der Waals surface area contributed by atoms with Crippen LogP contribution in [0.4, 0.5) is 0 Å². The maximum atomic E-state index is 5.56. The molecule has 0 aromatic carbocycles. The molecule has 0 saturated carbocycles. The normalized spacial score (nSPS) is 18.1. The summed E-state index contributed by atoms with van der Waals surface area (Å²) >= 11 is 0. The lowest BCUT2D eigenvalue weighted by Crippen LogP contribution is -2.19. The smallest absolute Gasteiger partial charge is 0.180 e. The minimum atomic E-state index is 0.322. The van der Waals surface area contributed by atoms with E-state index in [1.165, 1.54) is 5.57 Å². The zero-order chi connectivity index (χ0) is 22.8. The average molecular weight is 445 g/mol. The molecule has 2 aliphatic rings. The summed E-state index contributed by atoms with van der Waals surface area (Å²) < 4.78 is 14.9. The number of aromatic nitrogens is 6. The van der Waals surface area contributed by atoms with Crippen molar-refractivity contribution >= 4 is 12.2 Å². The van der Waals surface area contributed by atoms with Crippen molar-refractivity contribution in [3.63, 3.8) is 0 Å². The number of methoxy groups -OCH3 is 2. The van der Waals surface area contributed by atoms with Gasteiger partial charge in [0.25, 0.3) is 0 Å². The fraction of sp³-hybridized carbons (Fsp3) is 0.360. The topological polar surface area (TPSA) is 79.9 Å². The Bertz CT molecular complexity index is 1250. The highest BCUT2D eigenvalue weighted by Gasteiger charge is 2.27.